The zero-order chi connectivity index (χ0) is 15.9. The Morgan fingerprint density at radius 2 is 1.95 bits per heavy atom. The molecule has 0 aromatic heterocycles. The standard InChI is InChI=1S/C16H15BrN2O2S/c1-21-14-7-5-11(6-8-14)9-15(20)19-16(22)18-13-4-2-3-12(17)10-13/h2-8,10H,9H2,1H3,(H2,18,19,20,22). The van der Waals surface area contributed by atoms with Gasteiger partial charge in [0.15, 0.2) is 5.11 Å². The van der Waals surface area contributed by atoms with Crippen molar-refractivity contribution < 1.29 is 9.53 Å². The number of hydrogen-bond donors (Lipinski definition) is 2. The maximum atomic E-state index is 12.0. The first-order valence-corrected chi connectivity index (χ1v) is 7.76. The van der Waals surface area contributed by atoms with Crippen molar-refractivity contribution in [2.24, 2.45) is 0 Å². The highest BCUT2D eigenvalue weighted by atomic mass is 79.9. The molecule has 0 aliphatic rings. The summed E-state index contributed by atoms with van der Waals surface area (Å²) in [4.78, 5) is 12.0. The molecule has 22 heavy (non-hydrogen) atoms. The molecule has 0 bridgehead atoms. The van der Waals surface area contributed by atoms with Crippen LogP contribution >= 0.6 is 28.1 Å². The van der Waals surface area contributed by atoms with Crippen molar-refractivity contribution in [2.75, 3.05) is 12.4 Å². The van der Waals surface area contributed by atoms with Gasteiger partial charge >= 0.3 is 0 Å². The van der Waals surface area contributed by atoms with Gasteiger partial charge in [-0.15, -0.1) is 0 Å². The highest BCUT2D eigenvalue weighted by molar-refractivity contribution is 9.10. The summed E-state index contributed by atoms with van der Waals surface area (Å²) >= 11 is 8.51. The number of anilines is 1. The van der Waals surface area contributed by atoms with E-state index in [9.17, 15) is 4.79 Å². The third-order valence-corrected chi connectivity index (χ3v) is 3.56. The molecule has 0 aliphatic carbocycles. The summed E-state index contributed by atoms with van der Waals surface area (Å²) in [6.45, 7) is 0. The molecule has 2 N–H and O–H groups in total. The summed E-state index contributed by atoms with van der Waals surface area (Å²) in [5, 5.41) is 5.90. The SMILES string of the molecule is COc1ccc(CC(=O)NC(=S)Nc2cccc(Br)c2)cc1. The summed E-state index contributed by atoms with van der Waals surface area (Å²) in [5.41, 5.74) is 1.70. The number of hydrogen-bond acceptors (Lipinski definition) is 3. The summed E-state index contributed by atoms with van der Waals surface area (Å²) in [7, 11) is 1.60. The number of carbonyl (C=O) groups is 1. The van der Waals surface area contributed by atoms with Crippen LogP contribution in [0, 0.1) is 0 Å². The van der Waals surface area contributed by atoms with Crippen LogP contribution in [0.15, 0.2) is 53.0 Å². The number of thiocarbonyl (C=S) groups is 1. The average Bonchev–Trinajstić information content (AvgIpc) is 2.47. The van der Waals surface area contributed by atoms with Gasteiger partial charge in [-0.25, -0.2) is 0 Å². The summed E-state index contributed by atoms with van der Waals surface area (Å²) < 4.78 is 6.01. The molecule has 114 valence electrons. The Bertz CT molecular complexity index is 674. The average molecular weight is 379 g/mol. The number of carbonyl (C=O) groups excluding carboxylic acids is 1. The van der Waals surface area contributed by atoms with E-state index in [-0.39, 0.29) is 17.4 Å². The molecule has 0 saturated carbocycles. The molecule has 2 aromatic carbocycles. The number of methoxy groups -OCH3 is 1. The smallest absolute Gasteiger partial charge is 0.230 e. The van der Waals surface area contributed by atoms with Gasteiger partial charge in [-0.2, -0.15) is 0 Å². The van der Waals surface area contributed by atoms with Crippen LogP contribution < -0.4 is 15.4 Å². The predicted molar refractivity (Wildman–Crippen MR) is 95.2 cm³/mol. The Morgan fingerprint density at radius 3 is 2.59 bits per heavy atom. The molecule has 0 aliphatic heterocycles. The second-order valence-electron chi connectivity index (χ2n) is 4.54. The summed E-state index contributed by atoms with van der Waals surface area (Å²) in [5.74, 6) is 0.591. The van der Waals surface area contributed by atoms with Gasteiger partial charge in [0.2, 0.25) is 5.91 Å². The van der Waals surface area contributed by atoms with Crippen molar-refractivity contribution in [1.82, 2.24) is 5.32 Å². The topological polar surface area (TPSA) is 50.4 Å². The van der Waals surface area contributed by atoms with E-state index in [1.54, 1.807) is 7.11 Å². The third kappa shape index (κ3) is 5.13. The zero-order valence-electron chi connectivity index (χ0n) is 11.9. The van der Waals surface area contributed by atoms with E-state index < -0.39 is 0 Å². The Labute approximate surface area is 143 Å². The molecule has 0 unspecified atom stereocenters. The first-order valence-electron chi connectivity index (χ1n) is 6.56. The van der Waals surface area contributed by atoms with Gasteiger partial charge in [-0.05, 0) is 48.1 Å². The molecule has 1 amide bonds. The zero-order valence-corrected chi connectivity index (χ0v) is 14.3. The third-order valence-electron chi connectivity index (χ3n) is 2.86. The van der Waals surface area contributed by atoms with E-state index in [1.807, 2.05) is 48.5 Å². The monoisotopic (exact) mass is 378 g/mol. The number of ether oxygens (including phenoxy) is 1. The fraction of sp³-hybridized carbons (Fsp3) is 0.125. The van der Waals surface area contributed by atoms with Crippen LogP contribution in [0.4, 0.5) is 5.69 Å². The van der Waals surface area contributed by atoms with Crippen molar-refractivity contribution >= 4 is 44.9 Å². The van der Waals surface area contributed by atoms with Crippen LogP contribution in [0.1, 0.15) is 5.56 Å². The normalized spacial score (nSPS) is 9.91. The molecule has 2 rings (SSSR count). The van der Waals surface area contributed by atoms with Gasteiger partial charge in [-0.3, -0.25) is 4.79 Å². The molecule has 6 heteroatoms. The number of rotatable bonds is 4. The molecule has 4 nitrogen and oxygen atoms in total. The molecule has 0 radical (unpaired) electrons. The molecule has 2 aromatic rings. The predicted octanol–water partition coefficient (Wildman–Crippen LogP) is 3.51. The minimum absolute atomic E-state index is 0.169. The van der Waals surface area contributed by atoms with E-state index in [4.69, 9.17) is 17.0 Å². The molecular formula is C16H15BrN2O2S. The van der Waals surface area contributed by atoms with Crippen molar-refractivity contribution in [3.63, 3.8) is 0 Å². The highest BCUT2D eigenvalue weighted by Crippen LogP contribution is 2.15. The number of nitrogens with one attached hydrogen (secondary N) is 2. The maximum Gasteiger partial charge on any atom is 0.230 e. The molecule has 0 saturated heterocycles. The van der Waals surface area contributed by atoms with Crippen LogP contribution in [-0.2, 0) is 11.2 Å². The van der Waals surface area contributed by atoms with Crippen LogP contribution in [0.25, 0.3) is 0 Å². The maximum absolute atomic E-state index is 12.0. The Kier molecular flexibility index (Phi) is 5.91. The second kappa shape index (κ2) is 7.91. The van der Waals surface area contributed by atoms with Crippen LogP contribution in [0.5, 0.6) is 5.75 Å². The van der Waals surface area contributed by atoms with E-state index in [2.05, 4.69) is 26.6 Å². The van der Waals surface area contributed by atoms with Crippen molar-refractivity contribution in [3.8, 4) is 5.75 Å². The van der Waals surface area contributed by atoms with Gasteiger partial charge in [0.1, 0.15) is 5.75 Å². The Morgan fingerprint density at radius 1 is 1.23 bits per heavy atom. The van der Waals surface area contributed by atoms with Gasteiger partial charge in [-0.1, -0.05) is 34.1 Å². The number of halogens is 1. The Balaban J connectivity index is 1.86. The molecule has 0 heterocycles. The van der Waals surface area contributed by atoms with Crippen molar-refractivity contribution in [1.29, 1.82) is 0 Å². The lowest BCUT2D eigenvalue weighted by molar-refractivity contribution is -0.119. The van der Waals surface area contributed by atoms with Gasteiger partial charge in [0.25, 0.3) is 0 Å². The van der Waals surface area contributed by atoms with Crippen LogP contribution in [0.2, 0.25) is 0 Å². The molecular weight excluding hydrogens is 364 g/mol. The molecule has 0 atom stereocenters. The second-order valence-corrected chi connectivity index (χ2v) is 5.86. The van der Waals surface area contributed by atoms with E-state index in [0.717, 1.165) is 21.5 Å². The summed E-state index contributed by atoms with van der Waals surface area (Å²) in [6, 6.07) is 14.9. The van der Waals surface area contributed by atoms with E-state index in [0.29, 0.717) is 0 Å². The highest BCUT2D eigenvalue weighted by Gasteiger charge is 2.06. The summed E-state index contributed by atoms with van der Waals surface area (Å²) in [6.07, 6.45) is 0.254. The van der Waals surface area contributed by atoms with Gasteiger partial charge in [0.05, 0.1) is 13.5 Å². The van der Waals surface area contributed by atoms with Crippen molar-refractivity contribution in [2.45, 2.75) is 6.42 Å². The molecule has 0 fully saturated rings. The lowest BCUT2D eigenvalue weighted by Gasteiger charge is -2.10. The minimum atomic E-state index is -0.169. The molecule has 0 spiro atoms. The number of amides is 1. The fourth-order valence-electron chi connectivity index (χ4n) is 1.83. The number of benzene rings is 2. The van der Waals surface area contributed by atoms with Gasteiger partial charge in [0, 0.05) is 10.2 Å². The minimum Gasteiger partial charge on any atom is -0.497 e. The first-order chi connectivity index (χ1) is 10.6. The van der Waals surface area contributed by atoms with E-state index in [1.165, 1.54) is 0 Å². The largest absolute Gasteiger partial charge is 0.497 e. The van der Waals surface area contributed by atoms with Crippen LogP contribution in [-0.4, -0.2) is 18.1 Å². The lowest BCUT2D eigenvalue weighted by atomic mass is 10.1. The first kappa shape index (κ1) is 16.5. The van der Waals surface area contributed by atoms with Gasteiger partial charge < -0.3 is 15.4 Å². The van der Waals surface area contributed by atoms with Crippen LogP contribution in [0.3, 0.4) is 0 Å². The lowest BCUT2D eigenvalue weighted by Crippen LogP contribution is -2.35. The quantitative estimate of drug-likeness (QED) is 0.799. The van der Waals surface area contributed by atoms with E-state index >= 15 is 0 Å². The fourth-order valence-corrected chi connectivity index (χ4v) is 2.46. The Hall–Kier alpha value is -1.92. The van der Waals surface area contributed by atoms with Crippen molar-refractivity contribution in [3.05, 3.63) is 58.6 Å².